The average Bonchev–Trinajstić information content (AvgIpc) is 2.46. The van der Waals surface area contributed by atoms with Crippen molar-refractivity contribution >= 4 is 35.0 Å². The number of carbonyl (C=O) groups is 1. The van der Waals surface area contributed by atoms with Crippen LogP contribution in [0, 0.1) is 13.8 Å². The van der Waals surface area contributed by atoms with Crippen LogP contribution in [0.2, 0.25) is 0 Å². The Labute approximate surface area is 140 Å². The number of thioether (sulfide) groups is 1. The lowest BCUT2D eigenvalue weighted by Gasteiger charge is -2.15. The van der Waals surface area contributed by atoms with Crippen LogP contribution < -0.4 is 16.8 Å². The molecule has 0 radical (unpaired) electrons. The number of hydrogen-bond donors (Lipinski definition) is 3. The van der Waals surface area contributed by atoms with Gasteiger partial charge in [0.25, 0.3) is 0 Å². The maximum absolute atomic E-state index is 12.5. The van der Waals surface area contributed by atoms with Crippen molar-refractivity contribution in [2.45, 2.75) is 37.6 Å². The zero-order valence-electron chi connectivity index (χ0n) is 13.5. The van der Waals surface area contributed by atoms with Crippen LogP contribution in [0.5, 0.6) is 0 Å². The first kappa shape index (κ1) is 17.1. The lowest BCUT2D eigenvalue weighted by atomic mass is 10.1. The van der Waals surface area contributed by atoms with Gasteiger partial charge in [-0.05, 0) is 31.9 Å². The molecule has 0 aliphatic carbocycles. The molecule has 1 heterocycles. The summed E-state index contributed by atoms with van der Waals surface area (Å²) in [5.74, 6) is 0.503. The highest BCUT2D eigenvalue weighted by Crippen LogP contribution is 2.26. The first-order valence-electron chi connectivity index (χ1n) is 7.34. The quantitative estimate of drug-likeness (QED) is 0.574. The van der Waals surface area contributed by atoms with Gasteiger partial charge in [0.2, 0.25) is 5.91 Å². The number of aryl methyl sites for hydroxylation is 2. The minimum absolute atomic E-state index is 0.0888. The van der Waals surface area contributed by atoms with Gasteiger partial charge in [-0.15, -0.1) is 0 Å². The van der Waals surface area contributed by atoms with Crippen molar-refractivity contribution in [1.29, 1.82) is 0 Å². The SMILES string of the molecule is CCC(Sc1nc(N)cc(N)n1)C(=O)Nc1ccc(C)cc1C. The molecule has 0 spiro atoms. The fourth-order valence-corrected chi connectivity index (χ4v) is 3.03. The molecular formula is C16H21N5OS. The van der Waals surface area contributed by atoms with Gasteiger partial charge in [0.15, 0.2) is 5.16 Å². The average molecular weight is 331 g/mol. The Morgan fingerprint density at radius 3 is 2.43 bits per heavy atom. The Balaban J connectivity index is 2.12. The third kappa shape index (κ3) is 4.59. The van der Waals surface area contributed by atoms with Crippen LogP contribution in [0.25, 0.3) is 0 Å². The number of carbonyl (C=O) groups excluding carboxylic acids is 1. The van der Waals surface area contributed by atoms with E-state index in [0.717, 1.165) is 16.8 Å². The van der Waals surface area contributed by atoms with Gasteiger partial charge in [-0.3, -0.25) is 4.79 Å². The molecule has 2 aromatic rings. The zero-order chi connectivity index (χ0) is 17.0. The van der Waals surface area contributed by atoms with Crippen molar-refractivity contribution in [3.05, 3.63) is 35.4 Å². The smallest absolute Gasteiger partial charge is 0.237 e. The van der Waals surface area contributed by atoms with E-state index >= 15 is 0 Å². The van der Waals surface area contributed by atoms with Crippen LogP contribution in [0.1, 0.15) is 24.5 Å². The molecule has 5 N–H and O–H groups in total. The standard InChI is InChI=1S/C16H21N5OS/c1-4-12(23-16-20-13(17)8-14(18)21-16)15(22)19-11-6-5-9(2)7-10(11)3/h5-8,12H,4H2,1-3H3,(H,19,22)(H4,17,18,20,21). The molecule has 23 heavy (non-hydrogen) atoms. The molecule has 0 saturated heterocycles. The van der Waals surface area contributed by atoms with Crippen molar-refractivity contribution in [2.75, 3.05) is 16.8 Å². The van der Waals surface area contributed by atoms with E-state index in [1.54, 1.807) is 0 Å². The molecule has 1 amide bonds. The van der Waals surface area contributed by atoms with Gasteiger partial charge in [-0.25, -0.2) is 9.97 Å². The molecule has 122 valence electrons. The van der Waals surface area contributed by atoms with Crippen LogP contribution in [-0.2, 0) is 4.79 Å². The van der Waals surface area contributed by atoms with Crippen LogP contribution in [-0.4, -0.2) is 21.1 Å². The number of nitrogens with two attached hydrogens (primary N) is 2. The molecule has 0 bridgehead atoms. The molecule has 1 atom stereocenters. The van der Waals surface area contributed by atoms with E-state index < -0.39 is 0 Å². The number of aromatic nitrogens is 2. The summed E-state index contributed by atoms with van der Waals surface area (Å²) in [6.45, 7) is 5.93. The van der Waals surface area contributed by atoms with Gasteiger partial charge in [0.05, 0.1) is 5.25 Å². The van der Waals surface area contributed by atoms with Gasteiger partial charge in [0, 0.05) is 11.8 Å². The number of anilines is 3. The fraction of sp³-hybridized carbons (Fsp3) is 0.312. The summed E-state index contributed by atoms with van der Waals surface area (Å²) >= 11 is 1.26. The Morgan fingerprint density at radius 1 is 1.22 bits per heavy atom. The molecule has 0 aliphatic rings. The Morgan fingerprint density at radius 2 is 1.87 bits per heavy atom. The van der Waals surface area contributed by atoms with E-state index in [1.807, 2.05) is 39.0 Å². The predicted octanol–water partition coefficient (Wildman–Crippen LogP) is 2.77. The highest BCUT2D eigenvalue weighted by atomic mass is 32.2. The van der Waals surface area contributed by atoms with Gasteiger partial charge >= 0.3 is 0 Å². The second-order valence-electron chi connectivity index (χ2n) is 5.32. The Bertz CT molecular complexity index is 699. The second-order valence-corrected chi connectivity index (χ2v) is 6.49. The number of nitrogens with one attached hydrogen (secondary N) is 1. The Hall–Kier alpha value is -2.28. The number of nitrogen functional groups attached to an aromatic ring is 2. The molecule has 1 aromatic heterocycles. The van der Waals surface area contributed by atoms with Gasteiger partial charge < -0.3 is 16.8 Å². The largest absolute Gasteiger partial charge is 0.383 e. The lowest BCUT2D eigenvalue weighted by Crippen LogP contribution is -2.25. The summed E-state index contributed by atoms with van der Waals surface area (Å²) in [6.07, 6.45) is 0.638. The number of rotatable bonds is 5. The first-order valence-corrected chi connectivity index (χ1v) is 8.21. The fourth-order valence-electron chi connectivity index (χ4n) is 2.13. The minimum Gasteiger partial charge on any atom is -0.383 e. The third-order valence-electron chi connectivity index (χ3n) is 3.30. The molecule has 0 aliphatic heterocycles. The van der Waals surface area contributed by atoms with Crippen LogP contribution >= 0.6 is 11.8 Å². The summed E-state index contributed by atoms with van der Waals surface area (Å²) in [6, 6.07) is 7.40. The second kappa shape index (κ2) is 7.32. The van der Waals surface area contributed by atoms with Gasteiger partial charge in [0.1, 0.15) is 11.6 Å². The molecular weight excluding hydrogens is 310 g/mol. The summed E-state index contributed by atoms with van der Waals surface area (Å²) in [5, 5.41) is 3.05. The monoisotopic (exact) mass is 331 g/mol. The third-order valence-corrected chi connectivity index (χ3v) is 4.52. The van der Waals surface area contributed by atoms with Crippen LogP contribution in [0.15, 0.2) is 29.4 Å². The van der Waals surface area contributed by atoms with Crippen molar-refractivity contribution < 1.29 is 4.79 Å². The predicted molar refractivity (Wildman–Crippen MR) is 95.3 cm³/mol. The highest BCUT2D eigenvalue weighted by molar-refractivity contribution is 8.00. The van der Waals surface area contributed by atoms with Crippen molar-refractivity contribution in [3.63, 3.8) is 0 Å². The Kier molecular flexibility index (Phi) is 5.44. The number of nitrogens with zero attached hydrogens (tertiary/aromatic N) is 2. The van der Waals surface area contributed by atoms with Gasteiger partial charge in [-0.2, -0.15) is 0 Å². The van der Waals surface area contributed by atoms with Crippen molar-refractivity contribution in [1.82, 2.24) is 9.97 Å². The topological polar surface area (TPSA) is 107 Å². The molecule has 2 rings (SSSR count). The number of benzene rings is 1. The molecule has 1 unspecified atom stereocenters. The van der Waals surface area contributed by atoms with E-state index in [0.29, 0.717) is 23.2 Å². The van der Waals surface area contributed by atoms with Crippen LogP contribution in [0.4, 0.5) is 17.3 Å². The number of hydrogen-bond acceptors (Lipinski definition) is 6. The highest BCUT2D eigenvalue weighted by Gasteiger charge is 2.20. The van der Waals surface area contributed by atoms with E-state index in [9.17, 15) is 4.79 Å². The van der Waals surface area contributed by atoms with Crippen molar-refractivity contribution in [2.24, 2.45) is 0 Å². The summed E-state index contributed by atoms with van der Waals surface area (Å²) in [5.41, 5.74) is 14.3. The molecule has 0 saturated carbocycles. The van der Waals surface area contributed by atoms with E-state index in [2.05, 4.69) is 15.3 Å². The maximum Gasteiger partial charge on any atom is 0.237 e. The summed E-state index contributed by atoms with van der Waals surface area (Å²) < 4.78 is 0. The molecule has 0 fully saturated rings. The minimum atomic E-state index is -0.322. The first-order chi connectivity index (χ1) is 10.9. The number of amides is 1. The summed E-state index contributed by atoms with van der Waals surface area (Å²) in [7, 11) is 0. The lowest BCUT2D eigenvalue weighted by molar-refractivity contribution is -0.115. The van der Waals surface area contributed by atoms with Gasteiger partial charge in [-0.1, -0.05) is 36.4 Å². The van der Waals surface area contributed by atoms with E-state index in [1.165, 1.54) is 17.8 Å². The van der Waals surface area contributed by atoms with E-state index in [-0.39, 0.29) is 11.2 Å². The van der Waals surface area contributed by atoms with E-state index in [4.69, 9.17) is 11.5 Å². The summed E-state index contributed by atoms with van der Waals surface area (Å²) in [4.78, 5) is 20.7. The molecule has 6 nitrogen and oxygen atoms in total. The molecule has 1 aromatic carbocycles. The molecule has 7 heteroatoms. The normalized spacial score (nSPS) is 12.0. The van der Waals surface area contributed by atoms with Crippen molar-refractivity contribution in [3.8, 4) is 0 Å². The zero-order valence-corrected chi connectivity index (χ0v) is 14.3. The van der Waals surface area contributed by atoms with Crippen LogP contribution in [0.3, 0.4) is 0 Å². The maximum atomic E-state index is 12.5.